The number of aryl methyl sites for hydroxylation is 2. The maximum atomic E-state index is 14.2. The van der Waals surface area contributed by atoms with Crippen LogP contribution in [0.4, 0.5) is 23.9 Å². The lowest BCUT2D eigenvalue weighted by Crippen LogP contribution is -2.35. The van der Waals surface area contributed by atoms with Crippen LogP contribution in [0.5, 0.6) is 11.8 Å². The molecule has 21 nitrogen and oxygen atoms in total. The van der Waals surface area contributed by atoms with E-state index in [0.29, 0.717) is 21.0 Å². The Morgan fingerprint density at radius 2 is 1.66 bits per heavy atom. The van der Waals surface area contributed by atoms with E-state index in [0.717, 1.165) is 29.7 Å². The normalized spacial score (nSPS) is 11.3. The first-order valence-corrected chi connectivity index (χ1v) is 21.3. The number of nitrogens with zero attached hydrogens (tertiary/aromatic N) is 7. The number of benzene rings is 3. The molecule has 0 saturated carbocycles. The zero-order valence-corrected chi connectivity index (χ0v) is 38.0. The van der Waals surface area contributed by atoms with Gasteiger partial charge in [0.05, 0.1) is 24.3 Å². The number of carboxylic acids is 2. The number of hydrogen-bond acceptors (Lipinski definition) is 15. The first kappa shape index (κ1) is 52.5. The van der Waals surface area contributed by atoms with Crippen LogP contribution in [0.1, 0.15) is 41.0 Å². The summed E-state index contributed by atoms with van der Waals surface area (Å²) >= 11 is 17.9. The molecule has 3 aromatic carbocycles. The molecule has 6 rings (SSSR count). The number of urea groups is 1. The van der Waals surface area contributed by atoms with E-state index in [2.05, 4.69) is 30.4 Å². The van der Waals surface area contributed by atoms with Gasteiger partial charge in [-0.15, -0.1) is 16.7 Å². The number of esters is 1. The molecule has 0 aliphatic heterocycles. The number of aliphatic carboxylic acids is 1. The highest BCUT2D eigenvalue weighted by Gasteiger charge is 2.26. The number of amides is 2. The van der Waals surface area contributed by atoms with E-state index in [1.165, 1.54) is 33.1 Å². The number of ether oxygens (including phenoxy) is 3. The molecule has 0 spiro atoms. The number of pyridine rings is 1. The first-order valence-electron chi connectivity index (χ1n) is 18.6. The standard InChI is InChI=1S/C15H14Cl2F3N3O3.C13H13N5O6S.C11H8ClNO3/c1-3-26-13(24)10(17)4-8-5-12(11(18)6-9(8)16)23-15(25)22(14(19)20)7(2)21-23;1-7-14-11(17-13(15-7)24-2)16-12(21)18-25(22,23)9-6-4-3-5-8(9)10(19)20;12-8-3-4-9(16-6-10(14)15)11-7(8)2-1-5-13-11/h5-6,10,14H,3-4H2,1-2H3;3-6H,1-2H3,(H,19,20)(H2,14,15,16,17,18,21);1-5H,6H2,(H,14,15). The molecule has 356 valence electrons. The molecule has 67 heavy (non-hydrogen) atoms. The van der Waals surface area contributed by atoms with Crippen LogP contribution in [0.3, 0.4) is 0 Å². The van der Waals surface area contributed by atoms with E-state index in [1.807, 2.05) is 0 Å². The molecule has 4 N–H and O–H groups in total. The second-order valence-corrected chi connectivity index (χ2v) is 15.9. The zero-order chi connectivity index (χ0) is 49.7. The highest BCUT2D eigenvalue weighted by Crippen LogP contribution is 2.30. The number of hydrogen-bond donors (Lipinski definition) is 4. The molecule has 0 radical (unpaired) electrons. The van der Waals surface area contributed by atoms with Crippen LogP contribution in [0, 0.1) is 19.7 Å². The maximum Gasteiger partial charge on any atom is 0.355 e. The fraction of sp³-hybridized carbons (Fsp3) is 0.231. The molecule has 0 bridgehead atoms. The number of carbonyl (C=O) groups excluding carboxylic acids is 2. The van der Waals surface area contributed by atoms with Gasteiger partial charge < -0.3 is 24.4 Å². The second kappa shape index (κ2) is 23.4. The van der Waals surface area contributed by atoms with Gasteiger partial charge in [-0.3, -0.25) is 15.1 Å². The molecule has 0 saturated heterocycles. The topological polar surface area (TPSA) is 286 Å². The molecule has 0 aliphatic rings. The molecule has 3 heterocycles. The van der Waals surface area contributed by atoms with Gasteiger partial charge in [0.25, 0.3) is 10.0 Å². The van der Waals surface area contributed by atoms with Crippen LogP contribution in [-0.2, 0) is 30.8 Å². The summed E-state index contributed by atoms with van der Waals surface area (Å²) in [7, 11) is -3.11. The minimum atomic E-state index is -4.43. The first-order chi connectivity index (χ1) is 31.6. The minimum absolute atomic E-state index is 0.0424. The third kappa shape index (κ3) is 14.0. The van der Waals surface area contributed by atoms with E-state index < -0.39 is 74.5 Å². The lowest BCUT2D eigenvalue weighted by atomic mass is 10.1. The van der Waals surface area contributed by atoms with Gasteiger partial charge in [0.2, 0.25) is 5.95 Å². The highest BCUT2D eigenvalue weighted by atomic mass is 35.5. The Bertz CT molecular complexity index is 2980. The van der Waals surface area contributed by atoms with Crippen LogP contribution in [0.2, 0.25) is 10.0 Å². The van der Waals surface area contributed by atoms with Crippen molar-refractivity contribution in [3.63, 3.8) is 0 Å². The summed E-state index contributed by atoms with van der Waals surface area (Å²) in [6.45, 7) is 0.930. The lowest BCUT2D eigenvalue weighted by Gasteiger charge is -2.12. The van der Waals surface area contributed by atoms with Crippen LogP contribution in [0.15, 0.2) is 76.6 Å². The predicted molar refractivity (Wildman–Crippen MR) is 233 cm³/mol. The number of aromatic nitrogens is 7. The molecule has 0 aliphatic carbocycles. The Balaban J connectivity index is 0.000000226. The smallest absolute Gasteiger partial charge is 0.355 e. The van der Waals surface area contributed by atoms with Crippen LogP contribution in [-0.4, -0.2) is 103 Å². The lowest BCUT2D eigenvalue weighted by molar-refractivity contribution is -0.142. The fourth-order valence-electron chi connectivity index (χ4n) is 5.42. The Labute approximate surface area is 391 Å². The predicted octanol–water partition coefficient (Wildman–Crippen LogP) is 5.99. The zero-order valence-electron chi connectivity index (χ0n) is 34.9. The minimum Gasteiger partial charge on any atom is -0.480 e. The van der Waals surface area contributed by atoms with E-state index in [-0.39, 0.29) is 57.5 Å². The number of alkyl halides is 3. The van der Waals surface area contributed by atoms with Crippen LogP contribution >= 0.6 is 34.8 Å². The number of sulfonamides is 1. The molecule has 1 atom stereocenters. The van der Waals surface area contributed by atoms with E-state index in [9.17, 15) is 45.6 Å². The van der Waals surface area contributed by atoms with Crippen molar-refractivity contribution in [2.75, 3.05) is 25.6 Å². The third-order valence-corrected chi connectivity index (χ3v) is 10.7. The Morgan fingerprint density at radius 3 is 2.28 bits per heavy atom. The van der Waals surface area contributed by atoms with Crippen molar-refractivity contribution in [2.24, 2.45) is 0 Å². The van der Waals surface area contributed by atoms with Gasteiger partial charge in [0.1, 0.15) is 38.9 Å². The van der Waals surface area contributed by atoms with Crippen molar-refractivity contribution < 1.29 is 65.2 Å². The van der Waals surface area contributed by atoms with Crippen molar-refractivity contribution in [3.8, 4) is 17.4 Å². The van der Waals surface area contributed by atoms with Crippen molar-refractivity contribution in [2.45, 2.75) is 44.0 Å². The van der Waals surface area contributed by atoms with Gasteiger partial charge >= 0.3 is 42.2 Å². The Hall–Kier alpha value is -7.09. The number of nitrogens with one attached hydrogen (secondary N) is 2. The molecule has 1 unspecified atom stereocenters. The van der Waals surface area contributed by atoms with Crippen molar-refractivity contribution >= 4 is 85.6 Å². The monoisotopic (exact) mass is 1020 g/mol. The fourth-order valence-corrected chi connectivity index (χ4v) is 7.20. The SMILES string of the molecule is CCOC(=O)C(Cl)Cc1cc(-n2nc(C)n(C(F)F)c2=O)c(F)cc1Cl.COc1nc(C)nc(NC(=O)NS(=O)(=O)c2ccccc2C(=O)O)n1.O=C(O)COc1ccc(Cl)c2cccnc12. The summed E-state index contributed by atoms with van der Waals surface area (Å²) in [6, 6.07) is 12.5. The number of anilines is 1. The number of rotatable bonds is 14. The van der Waals surface area contributed by atoms with Gasteiger partial charge in [-0.05, 0) is 74.9 Å². The van der Waals surface area contributed by atoms with Crippen molar-refractivity contribution in [3.05, 3.63) is 116 Å². The number of methoxy groups -OCH3 is 1. The molecular weight excluding hydrogens is 982 g/mol. The van der Waals surface area contributed by atoms with Crippen LogP contribution < -0.4 is 25.2 Å². The number of halogens is 6. The maximum absolute atomic E-state index is 14.2. The summed E-state index contributed by atoms with van der Waals surface area (Å²) in [5, 5.41) is 23.5. The Morgan fingerprint density at radius 1 is 0.955 bits per heavy atom. The summed E-state index contributed by atoms with van der Waals surface area (Å²) in [5.74, 6) is -3.97. The van der Waals surface area contributed by atoms with Crippen molar-refractivity contribution in [1.29, 1.82) is 0 Å². The quantitative estimate of drug-likeness (QED) is 0.0720. The van der Waals surface area contributed by atoms with E-state index in [4.69, 9.17) is 59.2 Å². The van der Waals surface area contributed by atoms with Crippen LogP contribution in [0.25, 0.3) is 16.6 Å². The largest absolute Gasteiger partial charge is 0.480 e. The number of aromatic carboxylic acids is 1. The number of carbonyl (C=O) groups is 4. The van der Waals surface area contributed by atoms with Crippen molar-refractivity contribution in [1.82, 2.24) is 39.0 Å². The van der Waals surface area contributed by atoms with Gasteiger partial charge in [-0.1, -0.05) is 35.3 Å². The average molecular weight is 1020 g/mol. The number of fused-ring (bicyclic) bond motifs is 1. The second-order valence-electron chi connectivity index (χ2n) is 12.9. The molecule has 6 aromatic rings. The van der Waals surface area contributed by atoms with Gasteiger partial charge in [0, 0.05) is 23.0 Å². The highest BCUT2D eigenvalue weighted by molar-refractivity contribution is 7.90. The summed E-state index contributed by atoms with van der Waals surface area (Å²) < 4.78 is 81.6. The van der Waals surface area contributed by atoms with Gasteiger partial charge in [-0.25, -0.2) is 41.3 Å². The molecule has 3 aromatic heterocycles. The number of carboxylic acid groups (broad SMARTS) is 2. The van der Waals surface area contributed by atoms with Gasteiger partial charge in [0.15, 0.2) is 12.4 Å². The molecule has 0 fully saturated rings. The third-order valence-electron chi connectivity index (χ3n) is 8.26. The molecule has 2 amide bonds. The van der Waals surface area contributed by atoms with Gasteiger partial charge in [-0.2, -0.15) is 28.4 Å². The van der Waals surface area contributed by atoms with E-state index >= 15 is 0 Å². The summed E-state index contributed by atoms with van der Waals surface area (Å²) in [6.07, 6.45) is 1.49. The molecular formula is C39H35Cl3F3N9O12S. The summed E-state index contributed by atoms with van der Waals surface area (Å²) in [5.41, 5.74) is -1.27. The molecule has 28 heteroatoms. The Kier molecular flexibility index (Phi) is 18.3. The summed E-state index contributed by atoms with van der Waals surface area (Å²) in [4.78, 5) is 72.1. The van der Waals surface area contributed by atoms with E-state index in [1.54, 1.807) is 42.1 Å². The average Bonchev–Trinajstić information content (AvgIpc) is 3.57.